The first kappa shape index (κ1) is 16.8. The summed E-state index contributed by atoms with van der Waals surface area (Å²) in [5.41, 5.74) is 3.76. The SMILES string of the molecule is O=C(C1CCNCC1)[C@@H]1Cc2cc(Cl)cc(-c3ccnc4[nH]ccc34)c2O1. The molecule has 0 saturated carbocycles. The Labute approximate surface area is 162 Å². The molecule has 0 bridgehead atoms. The number of fused-ring (bicyclic) bond motifs is 2. The number of ether oxygens (including phenoxy) is 1. The van der Waals surface area contributed by atoms with E-state index in [1.54, 1.807) is 6.20 Å². The van der Waals surface area contributed by atoms with Gasteiger partial charge in [-0.2, -0.15) is 0 Å². The summed E-state index contributed by atoms with van der Waals surface area (Å²) in [6.45, 7) is 1.80. The molecule has 6 heteroatoms. The second-order valence-corrected chi connectivity index (χ2v) is 7.71. The molecule has 2 aromatic heterocycles. The van der Waals surface area contributed by atoms with Gasteiger partial charge < -0.3 is 15.0 Å². The Bertz CT molecular complexity index is 1020. The van der Waals surface area contributed by atoms with Gasteiger partial charge in [0.2, 0.25) is 0 Å². The number of benzene rings is 1. The topological polar surface area (TPSA) is 67.0 Å². The van der Waals surface area contributed by atoms with Gasteiger partial charge in [0.25, 0.3) is 0 Å². The number of hydrogen-bond donors (Lipinski definition) is 2. The van der Waals surface area contributed by atoms with E-state index in [0.29, 0.717) is 11.4 Å². The summed E-state index contributed by atoms with van der Waals surface area (Å²) in [7, 11) is 0. The van der Waals surface area contributed by atoms with Crippen LogP contribution in [0.5, 0.6) is 5.75 Å². The van der Waals surface area contributed by atoms with E-state index in [-0.39, 0.29) is 11.7 Å². The van der Waals surface area contributed by atoms with Crippen LogP contribution in [-0.2, 0) is 11.2 Å². The largest absolute Gasteiger partial charge is 0.481 e. The van der Waals surface area contributed by atoms with E-state index in [0.717, 1.165) is 59.4 Å². The minimum atomic E-state index is -0.413. The molecule has 0 spiro atoms. The van der Waals surface area contributed by atoms with E-state index in [4.69, 9.17) is 16.3 Å². The van der Waals surface area contributed by atoms with Crippen LogP contribution in [0, 0.1) is 5.92 Å². The van der Waals surface area contributed by atoms with E-state index in [1.165, 1.54) is 0 Å². The third kappa shape index (κ3) is 2.91. The second kappa shape index (κ2) is 6.66. The quantitative estimate of drug-likeness (QED) is 0.725. The van der Waals surface area contributed by atoms with Gasteiger partial charge >= 0.3 is 0 Å². The number of ketones is 1. The first-order valence-electron chi connectivity index (χ1n) is 9.36. The molecular formula is C21H20ClN3O2. The summed E-state index contributed by atoms with van der Waals surface area (Å²) in [6, 6.07) is 7.80. The minimum absolute atomic E-state index is 0.0850. The maximum Gasteiger partial charge on any atom is 0.176 e. The molecule has 1 fully saturated rings. The van der Waals surface area contributed by atoms with Crippen LogP contribution in [0.25, 0.3) is 22.2 Å². The zero-order valence-electron chi connectivity index (χ0n) is 14.8. The van der Waals surface area contributed by atoms with Crippen LogP contribution >= 0.6 is 11.6 Å². The molecule has 138 valence electrons. The number of piperidine rings is 1. The molecular weight excluding hydrogens is 362 g/mol. The molecule has 5 nitrogen and oxygen atoms in total. The molecule has 5 rings (SSSR count). The van der Waals surface area contributed by atoms with Crippen LogP contribution in [0.2, 0.25) is 5.02 Å². The lowest BCUT2D eigenvalue weighted by Crippen LogP contribution is -2.38. The molecule has 1 atom stereocenters. The highest BCUT2D eigenvalue weighted by molar-refractivity contribution is 6.31. The molecule has 4 heterocycles. The number of aromatic nitrogens is 2. The molecule has 0 amide bonds. The van der Waals surface area contributed by atoms with Gasteiger partial charge in [0, 0.05) is 46.3 Å². The van der Waals surface area contributed by atoms with E-state index in [1.807, 2.05) is 30.5 Å². The molecule has 1 aromatic carbocycles. The third-order valence-corrected chi connectivity index (χ3v) is 5.82. The Morgan fingerprint density at radius 1 is 1.19 bits per heavy atom. The molecule has 1 saturated heterocycles. The molecule has 2 aliphatic heterocycles. The number of Topliss-reactive ketones (excluding diaryl/α,β-unsaturated/α-hetero) is 1. The van der Waals surface area contributed by atoms with E-state index < -0.39 is 6.10 Å². The van der Waals surface area contributed by atoms with Crippen LogP contribution in [-0.4, -0.2) is 34.9 Å². The highest BCUT2D eigenvalue weighted by atomic mass is 35.5. The summed E-state index contributed by atoms with van der Waals surface area (Å²) in [5.74, 6) is 1.08. The Hall–Kier alpha value is -2.37. The van der Waals surface area contributed by atoms with Gasteiger partial charge in [0.05, 0.1) is 0 Å². The number of H-pyrrole nitrogens is 1. The van der Waals surface area contributed by atoms with Gasteiger partial charge in [-0.3, -0.25) is 4.79 Å². The van der Waals surface area contributed by atoms with Crippen LogP contribution in [0.1, 0.15) is 18.4 Å². The first-order valence-corrected chi connectivity index (χ1v) is 9.74. The van der Waals surface area contributed by atoms with Gasteiger partial charge in [0.1, 0.15) is 11.4 Å². The van der Waals surface area contributed by atoms with Gasteiger partial charge in [0.15, 0.2) is 11.9 Å². The Morgan fingerprint density at radius 3 is 2.89 bits per heavy atom. The zero-order chi connectivity index (χ0) is 18.4. The molecule has 0 radical (unpaired) electrons. The Morgan fingerprint density at radius 2 is 2.04 bits per heavy atom. The summed E-state index contributed by atoms with van der Waals surface area (Å²) < 4.78 is 6.23. The van der Waals surface area contributed by atoms with Crippen LogP contribution < -0.4 is 10.1 Å². The lowest BCUT2D eigenvalue weighted by molar-refractivity contribution is -0.129. The zero-order valence-corrected chi connectivity index (χ0v) is 15.6. The average molecular weight is 382 g/mol. The highest BCUT2D eigenvalue weighted by Crippen LogP contribution is 2.43. The fraction of sp³-hybridized carbons (Fsp3) is 0.333. The maximum absolute atomic E-state index is 13.0. The van der Waals surface area contributed by atoms with Crippen molar-refractivity contribution in [2.24, 2.45) is 5.92 Å². The van der Waals surface area contributed by atoms with Gasteiger partial charge in [-0.15, -0.1) is 0 Å². The fourth-order valence-corrected chi connectivity index (χ4v) is 4.49. The number of halogens is 1. The third-order valence-electron chi connectivity index (χ3n) is 5.61. The monoisotopic (exact) mass is 381 g/mol. The minimum Gasteiger partial charge on any atom is -0.481 e. The molecule has 0 aliphatic carbocycles. The van der Waals surface area contributed by atoms with E-state index >= 15 is 0 Å². The lowest BCUT2D eigenvalue weighted by atomic mass is 9.89. The lowest BCUT2D eigenvalue weighted by Gasteiger charge is -2.23. The maximum atomic E-state index is 13.0. The Kier molecular flexibility index (Phi) is 4.14. The van der Waals surface area contributed by atoms with Crippen molar-refractivity contribution in [2.75, 3.05) is 13.1 Å². The fourth-order valence-electron chi connectivity index (χ4n) is 4.25. The van der Waals surface area contributed by atoms with Crippen molar-refractivity contribution in [1.82, 2.24) is 15.3 Å². The average Bonchev–Trinajstić information content (AvgIpc) is 3.34. The van der Waals surface area contributed by atoms with E-state index in [9.17, 15) is 4.79 Å². The molecule has 0 unspecified atom stereocenters. The number of hydrogen-bond acceptors (Lipinski definition) is 4. The van der Waals surface area contributed by atoms with Gasteiger partial charge in [-0.25, -0.2) is 4.98 Å². The Balaban J connectivity index is 1.53. The number of nitrogens with zero attached hydrogens (tertiary/aromatic N) is 1. The number of carbonyl (C=O) groups is 1. The number of rotatable bonds is 3. The highest BCUT2D eigenvalue weighted by Gasteiger charge is 2.36. The van der Waals surface area contributed by atoms with Crippen molar-refractivity contribution in [1.29, 1.82) is 0 Å². The molecule has 3 aromatic rings. The number of nitrogens with one attached hydrogen (secondary N) is 2. The standard InChI is InChI=1S/C21H20ClN3O2/c22-14-9-13-10-18(19(26)12-1-5-23-6-2-12)27-20(13)17(11-14)15-3-7-24-21-16(15)4-8-25-21/h3-4,7-9,11-12,18,23H,1-2,5-6,10H2,(H,24,25)/t18-/m0/s1. The molecule has 2 N–H and O–H groups in total. The van der Waals surface area contributed by atoms with Gasteiger partial charge in [-0.1, -0.05) is 11.6 Å². The molecule has 27 heavy (non-hydrogen) atoms. The van der Waals surface area contributed by atoms with Crippen molar-refractivity contribution < 1.29 is 9.53 Å². The summed E-state index contributed by atoms with van der Waals surface area (Å²) in [6.07, 6.45) is 5.59. The molecule has 2 aliphatic rings. The van der Waals surface area contributed by atoms with Crippen LogP contribution in [0.15, 0.2) is 36.7 Å². The van der Waals surface area contributed by atoms with Crippen LogP contribution in [0.3, 0.4) is 0 Å². The van der Waals surface area contributed by atoms with Crippen LogP contribution in [0.4, 0.5) is 0 Å². The van der Waals surface area contributed by atoms with Crippen molar-refractivity contribution in [3.8, 4) is 16.9 Å². The summed E-state index contributed by atoms with van der Waals surface area (Å²) >= 11 is 6.41. The van der Waals surface area contributed by atoms with Gasteiger partial charge in [-0.05, 0) is 55.8 Å². The van der Waals surface area contributed by atoms with Crippen molar-refractivity contribution in [3.05, 3.63) is 47.2 Å². The smallest absolute Gasteiger partial charge is 0.176 e. The first-order chi connectivity index (χ1) is 13.2. The van der Waals surface area contributed by atoms with Crippen molar-refractivity contribution in [3.63, 3.8) is 0 Å². The van der Waals surface area contributed by atoms with Crippen molar-refractivity contribution >= 4 is 28.4 Å². The van der Waals surface area contributed by atoms with E-state index in [2.05, 4.69) is 15.3 Å². The predicted molar refractivity (Wildman–Crippen MR) is 105 cm³/mol. The normalized spacial score (nSPS) is 19.8. The second-order valence-electron chi connectivity index (χ2n) is 7.28. The summed E-state index contributed by atoms with van der Waals surface area (Å²) in [5, 5.41) is 4.98. The summed E-state index contributed by atoms with van der Waals surface area (Å²) in [4.78, 5) is 20.5. The van der Waals surface area contributed by atoms with Crippen molar-refractivity contribution in [2.45, 2.75) is 25.4 Å². The number of pyridine rings is 1. The number of aromatic amines is 1. The number of carbonyl (C=O) groups excluding carboxylic acids is 1. The predicted octanol–water partition coefficient (Wildman–Crippen LogP) is 3.76.